The number of anilines is 1. The Balaban J connectivity index is 1.31. The van der Waals surface area contributed by atoms with Crippen molar-refractivity contribution in [2.45, 2.75) is 31.7 Å². The summed E-state index contributed by atoms with van der Waals surface area (Å²) in [5, 5.41) is 2.91. The number of rotatable bonds is 8. The minimum atomic E-state index is -5.00. The summed E-state index contributed by atoms with van der Waals surface area (Å²) in [7, 11) is 2.00. The number of pyridine rings is 1. The zero-order valence-electron chi connectivity index (χ0n) is 25.1. The van der Waals surface area contributed by atoms with E-state index in [4.69, 9.17) is 4.74 Å². The van der Waals surface area contributed by atoms with Crippen molar-refractivity contribution in [2.24, 2.45) is 0 Å². The molecule has 2 aliphatic rings. The standard InChI is InChI=1S/C32H31F3N6O5/c1-3-45-29(43)22-14-21(17-36-18-22)20-4-6-24-25(15-20)37-19-41(28(24)42)23-5-7-27(46-32(33,34)35)26(16-23)38-30(44)31(8-9-31)40-12-10-39(2)11-13-40/h4-7,14-19H,3,8-13H2,1-2H3,(H,38,44). The molecule has 1 saturated heterocycles. The Labute approximate surface area is 261 Å². The molecule has 0 unspecified atom stereocenters. The van der Waals surface area contributed by atoms with E-state index in [1.54, 1.807) is 37.4 Å². The number of nitrogens with one attached hydrogen (secondary N) is 1. The Bertz CT molecular complexity index is 1870. The molecule has 46 heavy (non-hydrogen) atoms. The number of halogens is 3. The SMILES string of the molecule is CCOC(=O)c1cncc(-c2ccc3c(=O)n(-c4ccc(OC(F)(F)F)c(NC(=O)C5(N6CCN(C)CC6)CC5)c4)cnc3c2)c1. The molecular formula is C32H31F3N6O5. The molecule has 2 aromatic carbocycles. The highest BCUT2D eigenvalue weighted by Crippen LogP contribution is 2.44. The first-order valence-corrected chi connectivity index (χ1v) is 14.8. The van der Waals surface area contributed by atoms with E-state index in [9.17, 15) is 27.6 Å². The van der Waals surface area contributed by atoms with Crippen LogP contribution >= 0.6 is 0 Å². The lowest BCUT2D eigenvalue weighted by molar-refractivity contribution is -0.274. The summed E-state index contributed by atoms with van der Waals surface area (Å²) in [6, 6.07) is 10.2. The zero-order chi connectivity index (χ0) is 32.6. The highest BCUT2D eigenvalue weighted by atomic mass is 19.4. The van der Waals surface area contributed by atoms with Crippen molar-refractivity contribution in [3.05, 3.63) is 77.1 Å². The fourth-order valence-electron chi connectivity index (χ4n) is 5.67. The lowest BCUT2D eigenvalue weighted by Gasteiger charge is -2.37. The maximum atomic E-state index is 13.6. The molecule has 0 atom stereocenters. The van der Waals surface area contributed by atoms with E-state index in [-0.39, 0.29) is 28.9 Å². The number of fused-ring (bicyclic) bond motifs is 1. The molecule has 1 aliphatic carbocycles. The van der Waals surface area contributed by atoms with Gasteiger partial charge in [0.25, 0.3) is 5.56 Å². The van der Waals surface area contributed by atoms with Crippen LogP contribution in [0, 0.1) is 0 Å². The molecule has 0 bridgehead atoms. The van der Waals surface area contributed by atoms with Crippen LogP contribution in [0.15, 0.2) is 66.0 Å². The average Bonchev–Trinajstić information content (AvgIpc) is 3.84. The average molecular weight is 637 g/mol. The Hall–Kier alpha value is -4.82. The number of esters is 1. The number of nitrogens with zero attached hydrogens (tertiary/aromatic N) is 5. The highest BCUT2D eigenvalue weighted by molar-refractivity contribution is 6.01. The fourth-order valence-corrected chi connectivity index (χ4v) is 5.67. The van der Waals surface area contributed by atoms with Gasteiger partial charge < -0.3 is 19.7 Å². The number of hydrogen-bond donors (Lipinski definition) is 1. The second-order valence-corrected chi connectivity index (χ2v) is 11.3. The van der Waals surface area contributed by atoms with E-state index in [0.717, 1.165) is 19.2 Å². The van der Waals surface area contributed by atoms with Gasteiger partial charge >= 0.3 is 12.3 Å². The largest absolute Gasteiger partial charge is 0.573 e. The number of benzene rings is 2. The maximum Gasteiger partial charge on any atom is 0.573 e. The summed E-state index contributed by atoms with van der Waals surface area (Å²) in [5.41, 5.74) is 0.604. The van der Waals surface area contributed by atoms with Crippen molar-refractivity contribution in [2.75, 3.05) is 45.2 Å². The zero-order valence-corrected chi connectivity index (χ0v) is 25.1. The molecular weight excluding hydrogens is 605 g/mol. The highest BCUT2D eigenvalue weighted by Gasteiger charge is 2.55. The quantitative estimate of drug-likeness (QED) is 0.283. The molecule has 1 saturated carbocycles. The summed E-state index contributed by atoms with van der Waals surface area (Å²) in [6.07, 6.45) is 0.423. The van der Waals surface area contributed by atoms with Gasteiger partial charge in [0, 0.05) is 44.1 Å². The Morgan fingerprint density at radius 2 is 1.76 bits per heavy atom. The molecule has 1 amide bonds. The Morgan fingerprint density at radius 3 is 2.46 bits per heavy atom. The van der Waals surface area contributed by atoms with Gasteiger partial charge in [0.15, 0.2) is 5.75 Å². The number of piperazine rings is 1. The lowest BCUT2D eigenvalue weighted by atomic mass is 10.0. The number of aromatic nitrogens is 3. The molecule has 2 aromatic heterocycles. The molecule has 240 valence electrons. The second kappa shape index (κ2) is 12.2. The van der Waals surface area contributed by atoms with Crippen LogP contribution in [0.2, 0.25) is 0 Å². The molecule has 14 heteroatoms. The third-order valence-corrected chi connectivity index (χ3v) is 8.31. The van der Waals surface area contributed by atoms with Gasteiger partial charge in [0.2, 0.25) is 5.91 Å². The number of amides is 1. The predicted octanol–water partition coefficient (Wildman–Crippen LogP) is 4.24. The number of alkyl halides is 3. The summed E-state index contributed by atoms with van der Waals surface area (Å²) in [5.74, 6) is -1.52. The molecule has 6 rings (SSSR count). The van der Waals surface area contributed by atoms with Gasteiger partial charge in [-0.15, -0.1) is 13.2 Å². The van der Waals surface area contributed by atoms with Crippen molar-refractivity contribution in [1.29, 1.82) is 0 Å². The van der Waals surface area contributed by atoms with Gasteiger partial charge in [0.05, 0.1) is 34.4 Å². The minimum absolute atomic E-state index is 0.184. The van der Waals surface area contributed by atoms with Crippen molar-refractivity contribution in [3.8, 4) is 22.6 Å². The van der Waals surface area contributed by atoms with Crippen LogP contribution in [0.25, 0.3) is 27.7 Å². The summed E-state index contributed by atoms with van der Waals surface area (Å²) in [6.45, 7) is 4.83. The van der Waals surface area contributed by atoms with Crippen LogP contribution in [0.1, 0.15) is 30.1 Å². The van der Waals surface area contributed by atoms with E-state index in [0.29, 0.717) is 42.6 Å². The molecule has 1 aliphatic heterocycles. The van der Waals surface area contributed by atoms with Gasteiger partial charge in [-0.1, -0.05) is 6.07 Å². The number of ether oxygens (including phenoxy) is 2. The Morgan fingerprint density at radius 1 is 1.00 bits per heavy atom. The molecule has 0 radical (unpaired) electrons. The van der Waals surface area contributed by atoms with Crippen LogP contribution in [0.5, 0.6) is 5.75 Å². The van der Waals surface area contributed by atoms with E-state index in [1.807, 2.05) is 7.05 Å². The summed E-state index contributed by atoms with van der Waals surface area (Å²) in [4.78, 5) is 52.0. The lowest BCUT2D eigenvalue weighted by Crippen LogP contribution is -2.54. The second-order valence-electron chi connectivity index (χ2n) is 11.3. The first-order valence-electron chi connectivity index (χ1n) is 14.8. The summed E-state index contributed by atoms with van der Waals surface area (Å²) < 4.78 is 50.4. The first-order chi connectivity index (χ1) is 22.0. The van der Waals surface area contributed by atoms with Gasteiger partial charge in [-0.25, -0.2) is 9.78 Å². The van der Waals surface area contributed by atoms with E-state index < -0.39 is 35.1 Å². The smallest absolute Gasteiger partial charge is 0.462 e. The van der Waals surface area contributed by atoms with Crippen molar-refractivity contribution in [3.63, 3.8) is 0 Å². The monoisotopic (exact) mass is 636 g/mol. The van der Waals surface area contributed by atoms with Gasteiger partial charge in [-0.2, -0.15) is 0 Å². The van der Waals surface area contributed by atoms with E-state index >= 15 is 0 Å². The molecule has 4 aromatic rings. The molecule has 2 fully saturated rings. The number of likely N-dealkylation sites (N-methyl/N-ethyl adjacent to an activating group) is 1. The molecule has 11 nitrogen and oxygen atoms in total. The van der Waals surface area contributed by atoms with Gasteiger partial charge in [0.1, 0.15) is 11.9 Å². The topological polar surface area (TPSA) is 119 Å². The van der Waals surface area contributed by atoms with Gasteiger partial charge in [-0.3, -0.25) is 24.0 Å². The number of hydrogen-bond acceptors (Lipinski definition) is 9. The normalized spacial score (nSPS) is 16.6. The molecule has 0 spiro atoms. The van der Waals surface area contributed by atoms with Crippen LogP contribution in [0.4, 0.5) is 18.9 Å². The van der Waals surface area contributed by atoms with Crippen LogP contribution in [-0.2, 0) is 9.53 Å². The fraction of sp³-hybridized carbons (Fsp3) is 0.344. The van der Waals surface area contributed by atoms with Crippen LogP contribution < -0.4 is 15.6 Å². The van der Waals surface area contributed by atoms with Crippen LogP contribution in [-0.4, -0.2) is 87.9 Å². The third kappa shape index (κ3) is 6.30. The number of carbonyl (C=O) groups is 2. The molecule has 3 heterocycles. The predicted molar refractivity (Wildman–Crippen MR) is 163 cm³/mol. The van der Waals surface area contributed by atoms with E-state index in [1.165, 1.54) is 29.2 Å². The van der Waals surface area contributed by atoms with Gasteiger partial charge in [-0.05, 0) is 68.8 Å². The summed E-state index contributed by atoms with van der Waals surface area (Å²) >= 11 is 0. The maximum absolute atomic E-state index is 13.6. The van der Waals surface area contributed by atoms with Crippen LogP contribution in [0.3, 0.4) is 0 Å². The van der Waals surface area contributed by atoms with Crippen molar-refractivity contribution in [1.82, 2.24) is 24.3 Å². The van der Waals surface area contributed by atoms with Crippen molar-refractivity contribution < 1.29 is 32.2 Å². The van der Waals surface area contributed by atoms with Crippen molar-refractivity contribution >= 4 is 28.5 Å². The Kier molecular flexibility index (Phi) is 8.25. The van der Waals surface area contributed by atoms with E-state index in [2.05, 4.69) is 29.8 Å². The number of carbonyl (C=O) groups excluding carboxylic acids is 2. The third-order valence-electron chi connectivity index (χ3n) is 8.31. The minimum Gasteiger partial charge on any atom is -0.462 e. The first kappa shape index (κ1) is 31.2. The molecule has 1 N–H and O–H groups in total.